The highest BCUT2D eigenvalue weighted by Crippen LogP contribution is 2.08. The van der Waals surface area contributed by atoms with Crippen molar-refractivity contribution in [2.75, 3.05) is 119 Å². The summed E-state index contributed by atoms with van der Waals surface area (Å²) in [6.45, 7) is 9.97. The van der Waals surface area contributed by atoms with E-state index >= 15 is 0 Å². The Labute approximate surface area is 281 Å². The van der Waals surface area contributed by atoms with Gasteiger partial charge < -0.3 is 47.4 Å². The minimum Gasteiger partial charge on any atom is -0.463 e. The van der Waals surface area contributed by atoms with Gasteiger partial charge in [-0.25, -0.2) is 4.79 Å². The van der Waals surface area contributed by atoms with Crippen molar-refractivity contribution in [1.29, 1.82) is 0 Å². The number of ether oxygens (including phenoxy) is 10. The Bertz CT molecular complexity index is 811. The SMILES string of the molecule is CCCCCCCCCC(=O)OCCOCCOCCOCCOCCOCCOCCOCCOCCOC(=O)c1ccccc1. The van der Waals surface area contributed by atoms with Crippen LogP contribution in [0.1, 0.15) is 68.6 Å². The van der Waals surface area contributed by atoms with Gasteiger partial charge in [0.1, 0.15) is 13.2 Å². The molecule has 12 nitrogen and oxygen atoms in total. The highest BCUT2D eigenvalue weighted by molar-refractivity contribution is 5.89. The Morgan fingerprint density at radius 3 is 1.17 bits per heavy atom. The normalized spacial score (nSPS) is 11.2. The number of unbranched alkanes of at least 4 members (excludes halogenated alkanes) is 6. The number of esters is 2. The largest absolute Gasteiger partial charge is 0.463 e. The molecule has 0 unspecified atom stereocenters. The maximum atomic E-state index is 11.8. The van der Waals surface area contributed by atoms with Gasteiger partial charge in [0.2, 0.25) is 0 Å². The van der Waals surface area contributed by atoms with E-state index in [-0.39, 0.29) is 25.2 Å². The fraction of sp³-hybridized carbons (Fsp3) is 0.771. The molecule has 0 N–H and O–H groups in total. The van der Waals surface area contributed by atoms with Crippen LogP contribution < -0.4 is 0 Å². The van der Waals surface area contributed by atoms with Gasteiger partial charge in [-0.3, -0.25) is 4.79 Å². The van der Waals surface area contributed by atoms with Crippen molar-refractivity contribution in [3.63, 3.8) is 0 Å². The van der Waals surface area contributed by atoms with Gasteiger partial charge in [-0.15, -0.1) is 0 Å². The molecule has 0 aliphatic rings. The molecule has 0 amide bonds. The second kappa shape index (κ2) is 35.2. The van der Waals surface area contributed by atoms with Crippen LogP contribution >= 0.6 is 0 Å². The standard InChI is InChI=1S/C35H60O12/c1-2-3-4-5-6-7-11-14-34(36)46-31-29-44-27-25-42-23-21-40-19-17-38-15-16-39-18-20-41-22-24-43-26-28-45-30-32-47-35(37)33-12-9-8-10-13-33/h8-10,12-13H,2-7,11,14-32H2,1H3. The fourth-order valence-electron chi connectivity index (χ4n) is 4.01. The molecule has 12 heteroatoms. The van der Waals surface area contributed by atoms with Crippen molar-refractivity contribution >= 4 is 11.9 Å². The molecule has 0 saturated carbocycles. The lowest BCUT2D eigenvalue weighted by Crippen LogP contribution is -2.15. The van der Waals surface area contributed by atoms with Gasteiger partial charge in [-0.05, 0) is 18.6 Å². The van der Waals surface area contributed by atoms with E-state index in [0.29, 0.717) is 118 Å². The third-order valence-corrected chi connectivity index (χ3v) is 6.55. The van der Waals surface area contributed by atoms with Crippen LogP contribution in [0.25, 0.3) is 0 Å². The smallest absolute Gasteiger partial charge is 0.338 e. The van der Waals surface area contributed by atoms with Crippen molar-refractivity contribution in [2.45, 2.75) is 58.3 Å². The number of rotatable bonds is 36. The summed E-state index contributed by atoms with van der Waals surface area (Å²) in [5.74, 6) is -0.502. The first-order valence-corrected chi connectivity index (χ1v) is 17.2. The molecule has 0 spiro atoms. The third kappa shape index (κ3) is 30.9. The number of hydrogen-bond acceptors (Lipinski definition) is 12. The van der Waals surface area contributed by atoms with E-state index < -0.39 is 0 Å². The highest BCUT2D eigenvalue weighted by Gasteiger charge is 2.05. The minimum atomic E-state index is -0.358. The molecule has 1 aromatic carbocycles. The predicted octanol–water partition coefficient (Wildman–Crippen LogP) is 4.66. The Morgan fingerprint density at radius 1 is 0.426 bits per heavy atom. The Hall–Kier alpha value is -2.16. The molecule has 0 radical (unpaired) electrons. The summed E-state index contributed by atoms with van der Waals surface area (Å²) in [7, 11) is 0. The zero-order chi connectivity index (χ0) is 33.7. The zero-order valence-corrected chi connectivity index (χ0v) is 28.7. The van der Waals surface area contributed by atoms with Crippen molar-refractivity contribution in [3.8, 4) is 0 Å². The van der Waals surface area contributed by atoms with Gasteiger partial charge >= 0.3 is 11.9 Å². The summed E-state index contributed by atoms with van der Waals surface area (Å²) in [5.41, 5.74) is 0.524. The quantitative estimate of drug-likeness (QED) is 0.0727. The second-order valence-electron chi connectivity index (χ2n) is 10.5. The van der Waals surface area contributed by atoms with Crippen LogP contribution in [0.5, 0.6) is 0 Å². The Balaban J connectivity index is 1.66. The lowest BCUT2D eigenvalue weighted by atomic mass is 10.1. The van der Waals surface area contributed by atoms with Crippen LogP contribution in [0.3, 0.4) is 0 Å². The first kappa shape index (κ1) is 42.9. The maximum absolute atomic E-state index is 11.8. The van der Waals surface area contributed by atoms with E-state index in [2.05, 4.69) is 6.92 Å². The molecule has 0 aromatic heterocycles. The predicted molar refractivity (Wildman–Crippen MR) is 177 cm³/mol. The van der Waals surface area contributed by atoms with Crippen LogP contribution in [-0.4, -0.2) is 131 Å². The van der Waals surface area contributed by atoms with E-state index in [1.807, 2.05) is 6.07 Å². The van der Waals surface area contributed by atoms with Crippen LogP contribution in [0, 0.1) is 0 Å². The van der Waals surface area contributed by atoms with E-state index in [0.717, 1.165) is 12.8 Å². The van der Waals surface area contributed by atoms with E-state index in [9.17, 15) is 9.59 Å². The molecule has 1 aromatic rings. The van der Waals surface area contributed by atoms with Gasteiger partial charge in [0.25, 0.3) is 0 Å². The third-order valence-electron chi connectivity index (χ3n) is 6.55. The summed E-state index contributed by atoms with van der Waals surface area (Å²) >= 11 is 0. The monoisotopic (exact) mass is 672 g/mol. The van der Waals surface area contributed by atoms with Gasteiger partial charge in [-0.2, -0.15) is 0 Å². The van der Waals surface area contributed by atoms with Gasteiger partial charge in [0.05, 0.1) is 111 Å². The lowest BCUT2D eigenvalue weighted by molar-refractivity contribution is -0.145. The molecule has 0 aliphatic heterocycles. The number of carbonyl (C=O) groups excluding carboxylic acids is 2. The summed E-state index contributed by atoms with van der Waals surface area (Å²) in [5, 5.41) is 0. The second-order valence-corrected chi connectivity index (χ2v) is 10.5. The van der Waals surface area contributed by atoms with Crippen LogP contribution in [0.2, 0.25) is 0 Å². The van der Waals surface area contributed by atoms with Gasteiger partial charge in [-0.1, -0.05) is 63.6 Å². The van der Waals surface area contributed by atoms with E-state index in [1.54, 1.807) is 24.3 Å². The van der Waals surface area contributed by atoms with Crippen LogP contribution in [0.4, 0.5) is 0 Å². The van der Waals surface area contributed by atoms with Crippen molar-refractivity contribution < 1.29 is 57.0 Å². The Morgan fingerprint density at radius 2 is 0.766 bits per heavy atom. The molecule has 0 saturated heterocycles. The average Bonchev–Trinajstić information content (AvgIpc) is 3.09. The highest BCUT2D eigenvalue weighted by atomic mass is 16.6. The van der Waals surface area contributed by atoms with Gasteiger partial charge in [0, 0.05) is 6.42 Å². The first-order valence-electron chi connectivity index (χ1n) is 17.2. The summed E-state index contributed by atoms with van der Waals surface area (Å²) in [6.07, 6.45) is 8.77. The zero-order valence-electron chi connectivity index (χ0n) is 28.7. The molecular weight excluding hydrogens is 612 g/mol. The fourth-order valence-corrected chi connectivity index (χ4v) is 4.01. The minimum absolute atomic E-state index is 0.144. The molecule has 47 heavy (non-hydrogen) atoms. The summed E-state index contributed by atoms with van der Waals surface area (Å²) in [4.78, 5) is 23.5. The maximum Gasteiger partial charge on any atom is 0.338 e. The number of hydrogen-bond donors (Lipinski definition) is 0. The van der Waals surface area contributed by atoms with E-state index in [1.165, 1.54) is 32.1 Å². The van der Waals surface area contributed by atoms with Crippen molar-refractivity contribution in [2.24, 2.45) is 0 Å². The Kier molecular flexibility index (Phi) is 32.1. The molecular formula is C35H60O12. The molecule has 0 fully saturated rings. The molecule has 0 atom stereocenters. The molecule has 0 heterocycles. The molecule has 1 rings (SSSR count). The van der Waals surface area contributed by atoms with Gasteiger partial charge in [0.15, 0.2) is 0 Å². The van der Waals surface area contributed by atoms with Crippen molar-refractivity contribution in [1.82, 2.24) is 0 Å². The lowest BCUT2D eigenvalue weighted by Gasteiger charge is -2.09. The van der Waals surface area contributed by atoms with Crippen LogP contribution in [-0.2, 0) is 52.2 Å². The topological polar surface area (TPSA) is 126 Å². The molecule has 272 valence electrons. The average molecular weight is 673 g/mol. The van der Waals surface area contributed by atoms with Crippen molar-refractivity contribution in [3.05, 3.63) is 35.9 Å². The number of benzene rings is 1. The van der Waals surface area contributed by atoms with E-state index in [4.69, 9.17) is 47.4 Å². The molecule has 0 bridgehead atoms. The summed E-state index contributed by atoms with van der Waals surface area (Å²) < 4.78 is 53.9. The first-order chi connectivity index (χ1) is 23.2. The number of carbonyl (C=O) groups is 2. The van der Waals surface area contributed by atoms with Crippen LogP contribution in [0.15, 0.2) is 30.3 Å². The summed E-state index contributed by atoms with van der Waals surface area (Å²) in [6, 6.07) is 8.85. The molecule has 0 aliphatic carbocycles.